The number of hydrogen-bond donors (Lipinski definition) is 2. The number of fused-ring (bicyclic) bond motifs is 1. The molecular formula is C18H22ClN3O2S. The molecule has 5 nitrogen and oxygen atoms in total. The number of morpholine rings is 1. The first kappa shape index (κ1) is 18.3. The van der Waals surface area contributed by atoms with Crippen molar-refractivity contribution in [2.75, 3.05) is 25.1 Å². The van der Waals surface area contributed by atoms with Crippen LogP contribution in [-0.2, 0) is 22.4 Å². The first-order valence-corrected chi connectivity index (χ1v) is 9.27. The lowest BCUT2D eigenvalue weighted by Gasteiger charge is -2.22. The zero-order valence-corrected chi connectivity index (χ0v) is 15.5. The molecule has 2 atom stereocenters. The smallest absolute Gasteiger partial charge is 0.245 e. The van der Waals surface area contributed by atoms with E-state index in [1.165, 1.54) is 10.4 Å². The highest BCUT2D eigenvalue weighted by Gasteiger charge is 2.26. The lowest BCUT2D eigenvalue weighted by atomic mass is 9.85. The first-order valence-electron chi connectivity index (χ1n) is 8.45. The van der Waals surface area contributed by atoms with Crippen molar-refractivity contribution in [1.29, 1.82) is 0 Å². The van der Waals surface area contributed by atoms with Crippen LogP contribution in [0.15, 0.2) is 30.3 Å². The Morgan fingerprint density at radius 3 is 2.92 bits per heavy atom. The van der Waals surface area contributed by atoms with E-state index in [-0.39, 0.29) is 24.4 Å². The Balaban J connectivity index is 0.00000182. The summed E-state index contributed by atoms with van der Waals surface area (Å²) >= 11 is 1.61. The Labute approximate surface area is 157 Å². The largest absolute Gasteiger partial charge is 0.378 e. The third kappa shape index (κ3) is 4.20. The Kier molecular flexibility index (Phi) is 6.06. The number of carbonyl (C=O) groups excluding carboxylic acids is 1. The minimum absolute atomic E-state index is 0. The molecule has 2 N–H and O–H groups in total. The summed E-state index contributed by atoms with van der Waals surface area (Å²) in [4.78, 5) is 18.2. The molecule has 0 bridgehead atoms. The van der Waals surface area contributed by atoms with Crippen LogP contribution in [0.4, 0.5) is 5.13 Å². The summed E-state index contributed by atoms with van der Waals surface area (Å²) in [5.41, 5.74) is 2.54. The lowest BCUT2D eigenvalue weighted by Crippen LogP contribution is -2.48. The number of benzene rings is 1. The summed E-state index contributed by atoms with van der Waals surface area (Å²) in [5, 5.41) is 6.83. The van der Waals surface area contributed by atoms with Gasteiger partial charge >= 0.3 is 0 Å². The molecule has 0 spiro atoms. The minimum atomic E-state index is -0.281. The van der Waals surface area contributed by atoms with Crippen LogP contribution in [0.1, 0.15) is 28.5 Å². The molecule has 1 aliphatic heterocycles. The summed E-state index contributed by atoms with van der Waals surface area (Å²) in [6.45, 7) is 1.80. The van der Waals surface area contributed by atoms with Crippen molar-refractivity contribution in [3.05, 3.63) is 46.5 Å². The quantitative estimate of drug-likeness (QED) is 0.860. The lowest BCUT2D eigenvalue weighted by molar-refractivity contribution is -0.120. The number of aromatic nitrogens is 1. The minimum Gasteiger partial charge on any atom is -0.378 e. The summed E-state index contributed by atoms with van der Waals surface area (Å²) in [6.07, 6.45) is 3.11. The van der Waals surface area contributed by atoms with Gasteiger partial charge in [0, 0.05) is 11.4 Å². The predicted molar refractivity (Wildman–Crippen MR) is 102 cm³/mol. The topological polar surface area (TPSA) is 63.2 Å². The normalized spacial score (nSPS) is 22.6. The summed E-state index contributed by atoms with van der Waals surface area (Å²) in [5.74, 6) is 0.497. The van der Waals surface area contributed by atoms with E-state index in [9.17, 15) is 4.79 Å². The fraction of sp³-hybridized carbons (Fsp3) is 0.444. The zero-order chi connectivity index (χ0) is 16.4. The van der Waals surface area contributed by atoms with E-state index in [1.807, 2.05) is 0 Å². The number of nitrogens with one attached hydrogen (secondary N) is 2. The second-order valence-electron chi connectivity index (χ2n) is 6.31. The van der Waals surface area contributed by atoms with Crippen LogP contribution in [0.25, 0.3) is 0 Å². The maximum atomic E-state index is 12.3. The van der Waals surface area contributed by atoms with Crippen molar-refractivity contribution in [2.45, 2.75) is 31.2 Å². The van der Waals surface area contributed by atoms with Gasteiger partial charge in [0.05, 0.1) is 18.9 Å². The van der Waals surface area contributed by atoms with Crippen molar-refractivity contribution >= 4 is 34.8 Å². The van der Waals surface area contributed by atoms with E-state index in [0.717, 1.165) is 25.0 Å². The van der Waals surface area contributed by atoms with E-state index < -0.39 is 0 Å². The monoisotopic (exact) mass is 379 g/mol. The van der Waals surface area contributed by atoms with Gasteiger partial charge in [-0.2, -0.15) is 0 Å². The van der Waals surface area contributed by atoms with Gasteiger partial charge in [-0.3, -0.25) is 4.79 Å². The average Bonchev–Trinajstić information content (AvgIpc) is 3.04. The second kappa shape index (κ2) is 8.27. The molecule has 1 aromatic heterocycles. The van der Waals surface area contributed by atoms with Gasteiger partial charge in [-0.05, 0) is 30.7 Å². The molecule has 0 saturated carbocycles. The van der Waals surface area contributed by atoms with Gasteiger partial charge in [0.25, 0.3) is 0 Å². The van der Waals surface area contributed by atoms with E-state index in [4.69, 9.17) is 4.74 Å². The van der Waals surface area contributed by atoms with Crippen LogP contribution >= 0.6 is 23.7 Å². The first-order chi connectivity index (χ1) is 11.8. The number of hydrogen-bond acceptors (Lipinski definition) is 5. The number of rotatable bonds is 3. The van der Waals surface area contributed by atoms with Gasteiger partial charge in [0.2, 0.25) is 5.91 Å². The molecule has 2 aromatic rings. The number of thiazole rings is 1. The average molecular weight is 380 g/mol. The van der Waals surface area contributed by atoms with Crippen molar-refractivity contribution in [3.63, 3.8) is 0 Å². The molecule has 2 aliphatic rings. The van der Waals surface area contributed by atoms with Crippen molar-refractivity contribution in [1.82, 2.24) is 10.3 Å². The molecule has 0 radical (unpaired) electrons. The maximum absolute atomic E-state index is 12.3. The Hall–Kier alpha value is -1.47. The van der Waals surface area contributed by atoms with E-state index in [2.05, 4.69) is 45.9 Å². The molecule has 1 aromatic carbocycles. The summed E-state index contributed by atoms with van der Waals surface area (Å²) < 4.78 is 5.34. The Morgan fingerprint density at radius 1 is 1.32 bits per heavy atom. The molecular weight excluding hydrogens is 358 g/mol. The van der Waals surface area contributed by atoms with Crippen LogP contribution < -0.4 is 10.6 Å². The van der Waals surface area contributed by atoms with Gasteiger partial charge in [0.15, 0.2) is 5.13 Å². The van der Waals surface area contributed by atoms with Crippen LogP contribution in [0.3, 0.4) is 0 Å². The molecule has 1 aliphatic carbocycles. The van der Waals surface area contributed by atoms with Gasteiger partial charge in [-0.1, -0.05) is 30.3 Å². The van der Waals surface area contributed by atoms with E-state index >= 15 is 0 Å². The number of amides is 1. The Morgan fingerprint density at radius 2 is 2.16 bits per heavy atom. The standard InChI is InChI=1S/C18H21N3O2S.ClH/c22-17(15-11-23-9-8-19-15)21-18-20-14-7-6-13(10-16(14)24-18)12-4-2-1-3-5-12;/h1-5,13,15,19H,6-11H2,(H,20,21,22);1H. The van der Waals surface area contributed by atoms with Crippen molar-refractivity contribution < 1.29 is 9.53 Å². The fourth-order valence-electron chi connectivity index (χ4n) is 3.36. The number of ether oxygens (including phenoxy) is 1. The predicted octanol–water partition coefficient (Wildman–Crippen LogP) is 2.76. The van der Waals surface area contributed by atoms with Gasteiger partial charge in [0.1, 0.15) is 6.04 Å². The second-order valence-corrected chi connectivity index (χ2v) is 7.39. The Bertz CT molecular complexity index is 716. The maximum Gasteiger partial charge on any atom is 0.245 e. The highest BCUT2D eigenvalue weighted by Crippen LogP contribution is 2.36. The van der Waals surface area contributed by atoms with Crippen LogP contribution in [0.5, 0.6) is 0 Å². The number of halogens is 1. The molecule has 1 amide bonds. The molecule has 2 unspecified atom stereocenters. The summed E-state index contributed by atoms with van der Waals surface area (Å²) in [7, 11) is 0. The van der Waals surface area contributed by atoms with Gasteiger partial charge in [-0.25, -0.2) is 4.98 Å². The van der Waals surface area contributed by atoms with Gasteiger partial charge in [-0.15, -0.1) is 23.7 Å². The molecule has 25 heavy (non-hydrogen) atoms. The van der Waals surface area contributed by atoms with E-state index in [0.29, 0.717) is 30.8 Å². The van der Waals surface area contributed by atoms with Crippen LogP contribution in [-0.4, -0.2) is 36.7 Å². The van der Waals surface area contributed by atoms with Crippen LogP contribution in [0.2, 0.25) is 0 Å². The summed E-state index contributed by atoms with van der Waals surface area (Å²) in [6, 6.07) is 10.4. The fourth-order valence-corrected chi connectivity index (χ4v) is 4.46. The number of aryl methyl sites for hydroxylation is 1. The van der Waals surface area contributed by atoms with Crippen molar-refractivity contribution in [3.8, 4) is 0 Å². The zero-order valence-electron chi connectivity index (χ0n) is 13.9. The number of nitrogens with zero attached hydrogens (tertiary/aromatic N) is 1. The van der Waals surface area contributed by atoms with Crippen LogP contribution in [0, 0.1) is 0 Å². The highest BCUT2D eigenvalue weighted by atomic mass is 35.5. The number of carbonyl (C=O) groups is 1. The molecule has 4 rings (SSSR count). The SMILES string of the molecule is Cl.O=C(Nc1nc2c(s1)CC(c1ccccc1)CC2)C1COCCN1. The highest BCUT2D eigenvalue weighted by molar-refractivity contribution is 7.15. The molecule has 1 saturated heterocycles. The number of anilines is 1. The van der Waals surface area contributed by atoms with Crippen molar-refractivity contribution in [2.24, 2.45) is 0 Å². The molecule has 2 heterocycles. The third-order valence-corrected chi connectivity index (χ3v) is 5.71. The molecule has 7 heteroatoms. The third-order valence-electron chi connectivity index (χ3n) is 4.68. The molecule has 134 valence electrons. The van der Waals surface area contributed by atoms with Gasteiger partial charge < -0.3 is 15.4 Å². The molecule has 1 fully saturated rings. The van der Waals surface area contributed by atoms with E-state index in [1.54, 1.807) is 11.3 Å².